The first-order valence-electron chi connectivity index (χ1n) is 8.41. The minimum absolute atomic E-state index is 0.185. The number of nitrogens with one attached hydrogen (secondary N) is 1. The lowest BCUT2D eigenvalue weighted by Gasteiger charge is -2.36. The third-order valence-electron chi connectivity index (χ3n) is 5.23. The van der Waals surface area contributed by atoms with Gasteiger partial charge >= 0.3 is 4.87 Å². The number of morpholine rings is 1. The fourth-order valence-electron chi connectivity index (χ4n) is 3.80. The van der Waals surface area contributed by atoms with Gasteiger partial charge in [0, 0.05) is 23.4 Å². The minimum atomic E-state index is -0.640. The van der Waals surface area contributed by atoms with Crippen molar-refractivity contribution in [3.05, 3.63) is 14.5 Å². The lowest BCUT2D eigenvalue weighted by Crippen LogP contribution is -2.47. The highest BCUT2D eigenvalue weighted by molar-refractivity contribution is 8.00. The average molecular weight is 397 g/mol. The first-order chi connectivity index (χ1) is 12.3. The van der Waals surface area contributed by atoms with Gasteiger partial charge in [0.05, 0.1) is 24.2 Å². The summed E-state index contributed by atoms with van der Waals surface area (Å²) in [6, 6.07) is 0. The molecule has 10 heteroatoms. The molecular weight excluding hydrogens is 378 g/mol. The molecule has 4 heterocycles. The number of H-pyrrole nitrogens is 1. The Bertz CT molecular complexity index is 839. The Morgan fingerprint density at radius 3 is 2.62 bits per heavy atom. The summed E-state index contributed by atoms with van der Waals surface area (Å²) in [4.78, 5) is 56.2. The normalized spacial score (nSPS) is 27.5. The summed E-state index contributed by atoms with van der Waals surface area (Å²) >= 11 is 2.31. The van der Waals surface area contributed by atoms with Crippen LogP contribution in [0, 0.1) is 5.92 Å². The zero-order valence-corrected chi connectivity index (χ0v) is 16.1. The molecule has 1 N–H and O–H groups in total. The van der Waals surface area contributed by atoms with Gasteiger partial charge in [0.15, 0.2) is 0 Å². The highest BCUT2D eigenvalue weighted by Crippen LogP contribution is 2.52. The van der Waals surface area contributed by atoms with Gasteiger partial charge in [0.25, 0.3) is 0 Å². The SMILES string of the molecule is CC1(C)c2sc(=O)[nH]c2S[C@@H]2C(=O)N(CC(=O)N3CCOCC3)C(=O)[C@H]21. The molecule has 0 aliphatic carbocycles. The summed E-state index contributed by atoms with van der Waals surface area (Å²) < 4.78 is 5.23. The summed E-state index contributed by atoms with van der Waals surface area (Å²) in [5, 5.41) is 0.0569. The molecule has 0 radical (unpaired) electrons. The molecule has 2 fully saturated rings. The van der Waals surface area contributed by atoms with Crippen LogP contribution in [-0.2, 0) is 24.5 Å². The Balaban J connectivity index is 1.59. The molecule has 0 saturated carbocycles. The maximum Gasteiger partial charge on any atom is 0.305 e. The number of hydrogen-bond acceptors (Lipinski definition) is 7. The summed E-state index contributed by atoms with van der Waals surface area (Å²) in [5.41, 5.74) is -0.640. The predicted molar refractivity (Wildman–Crippen MR) is 95.2 cm³/mol. The van der Waals surface area contributed by atoms with Gasteiger partial charge in [-0.2, -0.15) is 0 Å². The maximum atomic E-state index is 13.0. The fourth-order valence-corrected chi connectivity index (χ4v) is 6.60. The number of carbonyl (C=O) groups is 3. The summed E-state index contributed by atoms with van der Waals surface area (Å²) in [7, 11) is 0. The molecular formula is C16H19N3O5S2. The number of thiazole rings is 1. The number of ether oxygens (including phenoxy) is 1. The van der Waals surface area contributed by atoms with Crippen molar-refractivity contribution in [1.29, 1.82) is 0 Å². The monoisotopic (exact) mass is 397 g/mol. The van der Waals surface area contributed by atoms with Crippen LogP contribution in [-0.4, -0.2) is 70.6 Å². The number of imide groups is 1. The fraction of sp³-hybridized carbons (Fsp3) is 0.625. The van der Waals surface area contributed by atoms with Crippen LogP contribution in [0.25, 0.3) is 0 Å². The van der Waals surface area contributed by atoms with E-state index in [2.05, 4.69) is 4.98 Å². The van der Waals surface area contributed by atoms with Crippen molar-refractivity contribution in [3.63, 3.8) is 0 Å². The standard InChI is InChI=1S/C16H19N3O5S2/c1-16(2)9-10(25-12-11(16)26-15(23)17-12)14(22)19(13(9)21)7-8(20)18-3-5-24-6-4-18/h9-10H,3-7H2,1-2H3,(H,17,23)/t9-,10-/m0/s1. The lowest BCUT2D eigenvalue weighted by atomic mass is 9.76. The van der Waals surface area contributed by atoms with E-state index in [0.29, 0.717) is 31.3 Å². The summed E-state index contributed by atoms with van der Waals surface area (Å²) in [6.45, 7) is 5.41. The molecule has 0 bridgehead atoms. The van der Waals surface area contributed by atoms with E-state index < -0.39 is 16.6 Å². The Kier molecular flexibility index (Phi) is 4.24. The van der Waals surface area contributed by atoms with E-state index in [1.165, 1.54) is 11.8 Å². The molecule has 1 aromatic heterocycles. The van der Waals surface area contributed by atoms with Crippen LogP contribution in [0.2, 0.25) is 0 Å². The number of likely N-dealkylation sites (tertiary alicyclic amines) is 1. The van der Waals surface area contributed by atoms with Gasteiger partial charge < -0.3 is 14.6 Å². The number of hydrogen-bond donors (Lipinski definition) is 1. The number of rotatable bonds is 2. The maximum absolute atomic E-state index is 13.0. The summed E-state index contributed by atoms with van der Waals surface area (Å²) in [5.74, 6) is -1.49. The highest BCUT2D eigenvalue weighted by atomic mass is 32.2. The average Bonchev–Trinajstić information content (AvgIpc) is 3.09. The molecule has 3 aliphatic rings. The molecule has 3 aliphatic heterocycles. The molecule has 3 amide bonds. The molecule has 0 unspecified atom stereocenters. The molecule has 0 aromatic carbocycles. The molecule has 0 spiro atoms. The second kappa shape index (κ2) is 6.21. The third-order valence-corrected chi connectivity index (χ3v) is 7.85. The molecule has 2 atom stereocenters. The second-order valence-electron chi connectivity index (χ2n) is 7.17. The van der Waals surface area contributed by atoms with E-state index in [1.807, 2.05) is 13.8 Å². The van der Waals surface area contributed by atoms with Crippen LogP contribution in [0.3, 0.4) is 0 Å². The molecule has 140 valence electrons. The number of aromatic amines is 1. The molecule has 4 rings (SSSR count). The largest absolute Gasteiger partial charge is 0.378 e. The molecule has 8 nitrogen and oxygen atoms in total. The van der Waals surface area contributed by atoms with Crippen LogP contribution < -0.4 is 4.87 Å². The van der Waals surface area contributed by atoms with Crippen molar-refractivity contribution < 1.29 is 19.1 Å². The van der Waals surface area contributed by atoms with Crippen LogP contribution in [0.5, 0.6) is 0 Å². The zero-order chi connectivity index (χ0) is 18.6. The van der Waals surface area contributed by atoms with Crippen LogP contribution in [0.1, 0.15) is 18.7 Å². The van der Waals surface area contributed by atoms with Gasteiger partial charge in [-0.3, -0.25) is 24.1 Å². The van der Waals surface area contributed by atoms with Gasteiger partial charge in [-0.25, -0.2) is 0 Å². The number of fused-ring (bicyclic) bond motifs is 2. The number of amides is 3. The van der Waals surface area contributed by atoms with Gasteiger partial charge in [-0.1, -0.05) is 36.9 Å². The zero-order valence-electron chi connectivity index (χ0n) is 14.4. The van der Waals surface area contributed by atoms with E-state index in [1.54, 1.807) is 4.90 Å². The Morgan fingerprint density at radius 1 is 1.23 bits per heavy atom. The quantitative estimate of drug-likeness (QED) is 0.707. The van der Waals surface area contributed by atoms with Crippen molar-refractivity contribution in [1.82, 2.24) is 14.8 Å². The van der Waals surface area contributed by atoms with E-state index in [-0.39, 0.29) is 29.1 Å². The van der Waals surface area contributed by atoms with Gasteiger partial charge in [-0.05, 0) is 0 Å². The molecule has 2 saturated heterocycles. The smallest absolute Gasteiger partial charge is 0.305 e. The van der Waals surface area contributed by atoms with E-state index >= 15 is 0 Å². The molecule has 26 heavy (non-hydrogen) atoms. The van der Waals surface area contributed by atoms with Crippen molar-refractivity contribution in [2.45, 2.75) is 29.5 Å². The number of thioether (sulfide) groups is 1. The van der Waals surface area contributed by atoms with Crippen molar-refractivity contribution in [3.8, 4) is 0 Å². The van der Waals surface area contributed by atoms with Crippen LogP contribution >= 0.6 is 23.1 Å². The lowest BCUT2D eigenvalue weighted by molar-refractivity contribution is -0.148. The first-order valence-corrected chi connectivity index (χ1v) is 10.1. The number of aromatic nitrogens is 1. The van der Waals surface area contributed by atoms with Crippen molar-refractivity contribution in [2.24, 2.45) is 5.92 Å². The Labute approximate surface area is 157 Å². The topological polar surface area (TPSA) is 99.8 Å². The number of nitrogens with zero attached hydrogens (tertiary/aromatic N) is 2. The van der Waals surface area contributed by atoms with Crippen LogP contribution in [0.4, 0.5) is 0 Å². The predicted octanol–water partition coefficient (Wildman–Crippen LogP) is 0.0321. The Hall–Kier alpha value is -1.65. The minimum Gasteiger partial charge on any atom is -0.378 e. The highest BCUT2D eigenvalue weighted by Gasteiger charge is 2.59. The van der Waals surface area contributed by atoms with E-state index in [4.69, 9.17) is 4.74 Å². The first kappa shape index (κ1) is 17.7. The van der Waals surface area contributed by atoms with Crippen molar-refractivity contribution >= 4 is 40.8 Å². The van der Waals surface area contributed by atoms with Crippen molar-refractivity contribution in [2.75, 3.05) is 32.8 Å². The van der Waals surface area contributed by atoms with E-state index in [9.17, 15) is 19.2 Å². The van der Waals surface area contributed by atoms with Gasteiger partial charge in [0.2, 0.25) is 17.7 Å². The van der Waals surface area contributed by atoms with Gasteiger partial charge in [-0.15, -0.1) is 0 Å². The Morgan fingerprint density at radius 2 is 1.92 bits per heavy atom. The van der Waals surface area contributed by atoms with Gasteiger partial charge in [0.1, 0.15) is 11.8 Å². The molecule has 1 aromatic rings. The van der Waals surface area contributed by atoms with Crippen LogP contribution in [0.15, 0.2) is 9.82 Å². The second-order valence-corrected chi connectivity index (χ2v) is 9.30. The number of carbonyl (C=O) groups excluding carboxylic acids is 3. The third kappa shape index (κ3) is 2.62. The summed E-state index contributed by atoms with van der Waals surface area (Å²) in [6.07, 6.45) is 0. The van der Waals surface area contributed by atoms with E-state index in [0.717, 1.165) is 21.1 Å².